The summed E-state index contributed by atoms with van der Waals surface area (Å²) < 4.78 is 1.15. The number of rotatable bonds is 3. The summed E-state index contributed by atoms with van der Waals surface area (Å²) in [7, 11) is 0. The fraction of sp³-hybridized carbons (Fsp3) is 0.368. The number of halogens is 1. The molecular weight excluding hydrogens is 384 g/mol. The number of anilines is 1. The average Bonchev–Trinajstić information content (AvgIpc) is 2.98. The van der Waals surface area contributed by atoms with Crippen molar-refractivity contribution in [3.05, 3.63) is 49.6 Å². The predicted octanol–water partition coefficient (Wildman–Crippen LogP) is 3.58. The molecule has 0 saturated heterocycles. The van der Waals surface area contributed by atoms with Gasteiger partial charge < -0.3 is 5.32 Å². The number of aromatic nitrogens is 3. The van der Waals surface area contributed by atoms with Crippen molar-refractivity contribution in [1.29, 1.82) is 0 Å². The van der Waals surface area contributed by atoms with Gasteiger partial charge in [-0.3, -0.25) is 9.59 Å². The summed E-state index contributed by atoms with van der Waals surface area (Å²) in [5.74, 6) is 0.294. The lowest BCUT2D eigenvalue weighted by Gasteiger charge is -2.17. The first-order valence-corrected chi connectivity index (χ1v) is 10.1. The monoisotopic (exact) mass is 402 g/mol. The minimum absolute atomic E-state index is 0.176. The van der Waals surface area contributed by atoms with Crippen LogP contribution in [0, 0.1) is 12.8 Å². The van der Waals surface area contributed by atoms with Crippen molar-refractivity contribution >= 4 is 44.7 Å². The summed E-state index contributed by atoms with van der Waals surface area (Å²) in [5, 5.41) is 12.2. The van der Waals surface area contributed by atoms with E-state index in [2.05, 4.69) is 22.6 Å². The minimum atomic E-state index is -0.325. The van der Waals surface area contributed by atoms with Crippen molar-refractivity contribution in [2.45, 2.75) is 39.7 Å². The van der Waals surface area contributed by atoms with Gasteiger partial charge in [0.2, 0.25) is 5.91 Å². The molecule has 1 unspecified atom stereocenters. The van der Waals surface area contributed by atoms with Crippen LogP contribution in [0.4, 0.5) is 5.69 Å². The topological polar surface area (TPSA) is 76.9 Å². The van der Waals surface area contributed by atoms with E-state index in [0.717, 1.165) is 35.1 Å². The fourth-order valence-electron chi connectivity index (χ4n) is 3.49. The van der Waals surface area contributed by atoms with Gasteiger partial charge in [0.15, 0.2) is 4.83 Å². The zero-order chi connectivity index (χ0) is 19.1. The van der Waals surface area contributed by atoms with Gasteiger partial charge in [0, 0.05) is 15.6 Å². The number of fused-ring (bicyclic) bond motifs is 3. The second kappa shape index (κ2) is 7.05. The number of hydrogen-bond acceptors (Lipinski definition) is 5. The third-order valence-corrected chi connectivity index (χ3v) is 6.31. The molecule has 6 nitrogen and oxygen atoms in total. The van der Waals surface area contributed by atoms with E-state index in [0.29, 0.717) is 26.8 Å². The van der Waals surface area contributed by atoms with Crippen LogP contribution in [0.3, 0.4) is 0 Å². The number of nitrogens with one attached hydrogen (secondary N) is 1. The highest BCUT2D eigenvalue weighted by Gasteiger charge is 2.24. The molecule has 1 N–H and O–H groups in total. The molecule has 27 heavy (non-hydrogen) atoms. The first-order valence-electron chi connectivity index (χ1n) is 8.86. The Hall–Kier alpha value is -2.25. The van der Waals surface area contributed by atoms with Gasteiger partial charge in [0.25, 0.3) is 5.56 Å². The standard InChI is InChI=1S/C19H19ClN4O2S/c1-10-3-5-13-15(7-10)27-18-17(13)19(26)24(23-22-18)9-16(25)21-14-6-4-12(20)8-11(14)2/h4,6,8,10H,3,5,7,9H2,1-2H3,(H,21,25). The number of amides is 1. The number of carbonyl (C=O) groups excluding carboxylic acids is 1. The summed E-state index contributed by atoms with van der Waals surface area (Å²) in [6, 6.07) is 5.22. The molecule has 0 bridgehead atoms. The van der Waals surface area contributed by atoms with E-state index < -0.39 is 0 Å². The predicted molar refractivity (Wildman–Crippen MR) is 108 cm³/mol. The highest BCUT2D eigenvalue weighted by atomic mass is 35.5. The van der Waals surface area contributed by atoms with Gasteiger partial charge >= 0.3 is 0 Å². The van der Waals surface area contributed by atoms with E-state index in [1.165, 1.54) is 4.88 Å². The highest BCUT2D eigenvalue weighted by Crippen LogP contribution is 2.35. The Morgan fingerprint density at radius 1 is 1.44 bits per heavy atom. The SMILES string of the molecule is Cc1cc(Cl)ccc1NC(=O)Cn1nnc2sc3c(c2c1=O)CCC(C)C3. The van der Waals surface area contributed by atoms with E-state index in [-0.39, 0.29) is 18.0 Å². The van der Waals surface area contributed by atoms with Crippen LogP contribution < -0.4 is 10.9 Å². The number of nitrogens with zero attached hydrogens (tertiary/aromatic N) is 3. The molecule has 0 radical (unpaired) electrons. The minimum Gasteiger partial charge on any atom is -0.324 e. The van der Waals surface area contributed by atoms with Crippen molar-refractivity contribution < 1.29 is 4.79 Å². The first kappa shape index (κ1) is 18.1. The molecule has 1 atom stereocenters. The lowest BCUT2D eigenvalue weighted by atomic mass is 9.89. The molecular formula is C19H19ClN4O2S. The summed E-state index contributed by atoms with van der Waals surface area (Å²) in [4.78, 5) is 27.2. The van der Waals surface area contributed by atoms with Crippen LogP contribution in [0.2, 0.25) is 5.02 Å². The van der Waals surface area contributed by atoms with Gasteiger partial charge in [-0.1, -0.05) is 23.7 Å². The zero-order valence-electron chi connectivity index (χ0n) is 15.1. The van der Waals surface area contributed by atoms with Crippen molar-refractivity contribution in [3.8, 4) is 0 Å². The van der Waals surface area contributed by atoms with Crippen molar-refractivity contribution in [3.63, 3.8) is 0 Å². The molecule has 3 aromatic rings. The van der Waals surface area contributed by atoms with Crippen molar-refractivity contribution in [2.24, 2.45) is 5.92 Å². The summed E-state index contributed by atoms with van der Waals surface area (Å²) in [6.45, 7) is 3.91. The number of carbonyl (C=O) groups is 1. The van der Waals surface area contributed by atoms with Crippen LogP contribution in [-0.4, -0.2) is 20.9 Å². The maximum absolute atomic E-state index is 12.9. The molecule has 4 rings (SSSR count). The Labute approximate surface area is 165 Å². The molecule has 0 saturated carbocycles. The van der Waals surface area contributed by atoms with Crippen molar-refractivity contribution in [2.75, 3.05) is 5.32 Å². The first-order chi connectivity index (χ1) is 12.9. The van der Waals surface area contributed by atoms with Crippen LogP contribution >= 0.6 is 22.9 Å². The van der Waals surface area contributed by atoms with Gasteiger partial charge in [-0.05, 0) is 61.4 Å². The number of thiophene rings is 1. The number of benzene rings is 1. The smallest absolute Gasteiger partial charge is 0.279 e. The van der Waals surface area contributed by atoms with Crippen molar-refractivity contribution in [1.82, 2.24) is 15.0 Å². The normalized spacial score (nSPS) is 16.3. The van der Waals surface area contributed by atoms with Crippen LogP contribution in [0.15, 0.2) is 23.0 Å². The lowest BCUT2D eigenvalue weighted by molar-refractivity contribution is -0.117. The van der Waals surface area contributed by atoms with Crippen LogP contribution in [0.5, 0.6) is 0 Å². The van der Waals surface area contributed by atoms with Gasteiger partial charge in [-0.15, -0.1) is 16.4 Å². The summed E-state index contributed by atoms with van der Waals surface area (Å²) in [6.07, 6.45) is 2.93. The Morgan fingerprint density at radius 2 is 2.26 bits per heavy atom. The molecule has 1 aromatic carbocycles. The molecule has 2 heterocycles. The second-order valence-electron chi connectivity index (χ2n) is 7.09. The Kier molecular flexibility index (Phi) is 4.74. The van der Waals surface area contributed by atoms with E-state index in [1.807, 2.05) is 6.92 Å². The third-order valence-electron chi connectivity index (χ3n) is 4.94. The largest absolute Gasteiger partial charge is 0.324 e. The second-order valence-corrected chi connectivity index (χ2v) is 8.61. The maximum atomic E-state index is 12.9. The zero-order valence-corrected chi connectivity index (χ0v) is 16.7. The van der Waals surface area contributed by atoms with Gasteiger partial charge in [-0.2, -0.15) is 0 Å². The molecule has 0 fully saturated rings. The van der Waals surface area contributed by atoms with E-state index >= 15 is 0 Å². The van der Waals surface area contributed by atoms with Gasteiger partial charge in [0.1, 0.15) is 6.54 Å². The Morgan fingerprint density at radius 3 is 3.04 bits per heavy atom. The molecule has 2 aromatic heterocycles. The molecule has 0 spiro atoms. The molecule has 140 valence electrons. The number of hydrogen-bond donors (Lipinski definition) is 1. The van der Waals surface area contributed by atoms with Gasteiger partial charge in [-0.25, -0.2) is 4.68 Å². The molecule has 1 aliphatic rings. The molecule has 1 aliphatic carbocycles. The Balaban J connectivity index is 1.61. The quantitative estimate of drug-likeness (QED) is 0.726. The Bertz CT molecular complexity index is 1110. The van der Waals surface area contributed by atoms with Crippen LogP contribution in [-0.2, 0) is 24.2 Å². The van der Waals surface area contributed by atoms with Crippen LogP contribution in [0.25, 0.3) is 10.2 Å². The highest BCUT2D eigenvalue weighted by molar-refractivity contribution is 7.18. The fourth-order valence-corrected chi connectivity index (χ4v) is 5.03. The van der Waals surface area contributed by atoms with E-state index in [9.17, 15) is 9.59 Å². The molecule has 8 heteroatoms. The summed E-state index contributed by atoms with van der Waals surface area (Å²) >= 11 is 7.49. The lowest BCUT2D eigenvalue weighted by Crippen LogP contribution is -2.30. The average molecular weight is 403 g/mol. The maximum Gasteiger partial charge on any atom is 0.279 e. The number of aryl methyl sites for hydroxylation is 2. The van der Waals surface area contributed by atoms with Gasteiger partial charge in [0.05, 0.1) is 5.39 Å². The van der Waals surface area contributed by atoms with E-state index in [1.54, 1.807) is 29.5 Å². The third kappa shape index (κ3) is 3.49. The van der Waals surface area contributed by atoms with Crippen LogP contribution in [0.1, 0.15) is 29.3 Å². The summed E-state index contributed by atoms with van der Waals surface area (Å²) in [5.41, 5.74) is 2.37. The molecule has 0 aliphatic heterocycles. The molecule has 1 amide bonds. The van der Waals surface area contributed by atoms with E-state index in [4.69, 9.17) is 11.6 Å².